The zero-order valence-corrected chi connectivity index (χ0v) is 19.5. The number of anilines is 1. The summed E-state index contributed by atoms with van der Waals surface area (Å²) in [6, 6.07) is 13.8. The van der Waals surface area contributed by atoms with E-state index in [9.17, 15) is 9.59 Å². The molecule has 0 spiro atoms. The van der Waals surface area contributed by atoms with E-state index >= 15 is 0 Å². The molecule has 2 aromatic rings. The highest BCUT2D eigenvalue weighted by atomic mass is 35.5. The monoisotopic (exact) mass is 474 g/mol. The van der Waals surface area contributed by atoms with Gasteiger partial charge in [0.1, 0.15) is 5.82 Å². The van der Waals surface area contributed by atoms with Crippen LogP contribution in [0.1, 0.15) is 32.3 Å². The van der Waals surface area contributed by atoms with Crippen LogP contribution in [0.4, 0.5) is 5.69 Å². The number of nitrogens with two attached hydrogens (primary N) is 1. The second-order valence-electron chi connectivity index (χ2n) is 7.04. The average molecular weight is 475 g/mol. The third-order valence-electron chi connectivity index (χ3n) is 5.10. The van der Waals surface area contributed by atoms with Crippen LogP contribution in [-0.4, -0.2) is 25.2 Å². The topological polar surface area (TPSA) is 81.9 Å². The molecule has 0 fully saturated rings. The predicted molar refractivity (Wildman–Crippen MR) is 125 cm³/mol. The molecule has 1 atom stereocenters. The first-order chi connectivity index (χ1) is 15.3. The van der Waals surface area contributed by atoms with Crippen LogP contribution in [0, 0.1) is 0 Å². The lowest BCUT2D eigenvalue weighted by molar-refractivity contribution is -0.139. The molecule has 3 rings (SSSR count). The van der Waals surface area contributed by atoms with E-state index in [1.54, 1.807) is 74.2 Å². The molecule has 0 radical (unpaired) electrons. The second kappa shape index (κ2) is 10.1. The average Bonchev–Trinajstić information content (AvgIpc) is 2.75. The van der Waals surface area contributed by atoms with E-state index in [-0.39, 0.29) is 24.6 Å². The minimum atomic E-state index is -0.783. The van der Waals surface area contributed by atoms with Gasteiger partial charge >= 0.3 is 11.9 Å². The van der Waals surface area contributed by atoms with Gasteiger partial charge in [0.2, 0.25) is 0 Å². The van der Waals surface area contributed by atoms with Crippen LogP contribution in [0.2, 0.25) is 10.0 Å². The van der Waals surface area contributed by atoms with Crippen LogP contribution >= 0.6 is 23.2 Å². The number of benzene rings is 2. The molecule has 1 heterocycles. The first-order valence-corrected chi connectivity index (χ1v) is 10.9. The van der Waals surface area contributed by atoms with Crippen LogP contribution in [0.3, 0.4) is 0 Å². The Labute approximate surface area is 197 Å². The summed E-state index contributed by atoms with van der Waals surface area (Å²) >= 11 is 12.1. The van der Waals surface area contributed by atoms with Crippen LogP contribution in [0.25, 0.3) is 0 Å². The van der Waals surface area contributed by atoms with Gasteiger partial charge in [-0.25, -0.2) is 9.59 Å². The van der Waals surface area contributed by atoms with Gasteiger partial charge in [0.15, 0.2) is 0 Å². The molecule has 0 saturated heterocycles. The largest absolute Gasteiger partial charge is 0.463 e. The molecule has 32 heavy (non-hydrogen) atoms. The Morgan fingerprint density at radius 1 is 0.875 bits per heavy atom. The highest BCUT2D eigenvalue weighted by Gasteiger charge is 2.41. The van der Waals surface area contributed by atoms with E-state index in [2.05, 4.69) is 0 Å². The zero-order valence-electron chi connectivity index (χ0n) is 18.0. The molecular formula is C24H24Cl2N2O4. The summed E-state index contributed by atoms with van der Waals surface area (Å²) in [6.07, 6.45) is 0. The smallest absolute Gasteiger partial charge is 0.338 e. The summed E-state index contributed by atoms with van der Waals surface area (Å²) in [5.41, 5.74) is 8.86. The molecule has 2 N–H and O–H groups in total. The van der Waals surface area contributed by atoms with Crippen molar-refractivity contribution in [2.75, 3.05) is 18.1 Å². The lowest BCUT2D eigenvalue weighted by Crippen LogP contribution is -2.39. The molecule has 6 nitrogen and oxygen atoms in total. The van der Waals surface area contributed by atoms with Crippen LogP contribution < -0.4 is 10.6 Å². The molecule has 0 bridgehead atoms. The van der Waals surface area contributed by atoms with Crippen LogP contribution in [-0.2, 0) is 19.1 Å². The van der Waals surface area contributed by atoms with Gasteiger partial charge in [-0.15, -0.1) is 0 Å². The first kappa shape index (κ1) is 23.7. The van der Waals surface area contributed by atoms with Gasteiger partial charge in [0.05, 0.1) is 30.3 Å². The lowest BCUT2D eigenvalue weighted by Gasteiger charge is -2.37. The van der Waals surface area contributed by atoms with Gasteiger partial charge in [-0.05, 0) is 62.7 Å². The van der Waals surface area contributed by atoms with Gasteiger partial charge < -0.3 is 20.1 Å². The zero-order chi connectivity index (χ0) is 23.4. The minimum absolute atomic E-state index is 0.151. The van der Waals surface area contributed by atoms with Gasteiger partial charge in [-0.2, -0.15) is 0 Å². The Hall–Kier alpha value is -2.96. The Morgan fingerprint density at radius 2 is 1.34 bits per heavy atom. The van der Waals surface area contributed by atoms with Crippen LogP contribution in [0.15, 0.2) is 71.2 Å². The molecule has 0 unspecified atom stereocenters. The molecule has 168 valence electrons. The van der Waals surface area contributed by atoms with E-state index in [4.69, 9.17) is 38.4 Å². The number of allylic oxidation sites excluding steroid dienone is 1. The molecule has 0 aromatic heterocycles. The van der Waals surface area contributed by atoms with Crippen molar-refractivity contribution < 1.29 is 19.1 Å². The van der Waals surface area contributed by atoms with Crippen molar-refractivity contribution in [3.63, 3.8) is 0 Å². The number of rotatable bonds is 6. The summed E-state index contributed by atoms with van der Waals surface area (Å²) in [6.45, 7) is 5.53. The quantitative estimate of drug-likeness (QED) is 0.581. The SMILES string of the molecule is CCOC(=O)C1=C(C)N(c2ccc(Cl)cc2)C(N)=C(C(=O)OCC)[C@H]1c1ccc(Cl)cc1. The van der Waals surface area contributed by atoms with Gasteiger partial charge in [0.25, 0.3) is 0 Å². The molecule has 0 amide bonds. The van der Waals surface area contributed by atoms with Crippen molar-refractivity contribution in [3.8, 4) is 0 Å². The first-order valence-electron chi connectivity index (χ1n) is 10.2. The minimum Gasteiger partial charge on any atom is -0.463 e. The Morgan fingerprint density at radius 3 is 1.84 bits per heavy atom. The number of ether oxygens (including phenoxy) is 2. The Kier molecular flexibility index (Phi) is 7.48. The fraction of sp³-hybridized carbons (Fsp3) is 0.250. The molecule has 8 heteroatoms. The molecule has 0 aliphatic carbocycles. The van der Waals surface area contributed by atoms with E-state index < -0.39 is 17.9 Å². The number of carbonyl (C=O) groups excluding carboxylic acids is 2. The van der Waals surface area contributed by atoms with E-state index in [1.807, 2.05) is 0 Å². The number of esters is 2. The fourth-order valence-electron chi connectivity index (χ4n) is 3.74. The van der Waals surface area contributed by atoms with Crippen molar-refractivity contribution in [1.29, 1.82) is 0 Å². The van der Waals surface area contributed by atoms with Gasteiger partial charge in [0, 0.05) is 21.4 Å². The van der Waals surface area contributed by atoms with Crippen LogP contribution in [0.5, 0.6) is 0 Å². The Balaban J connectivity index is 2.30. The van der Waals surface area contributed by atoms with Crippen molar-refractivity contribution in [3.05, 3.63) is 86.8 Å². The maximum absolute atomic E-state index is 13.2. The highest BCUT2D eigenvalue weighted by molar-refractivity contribution is 6.30. The normalized spacial score (nSPS) is 16.3. The standard InChI is InChI=1S/C24H24Cl2N2O4/c1-4-31-23(29)19-14(3)28(18-12-10-17(26)11-13-18)22(27)21(24(30)32-5-2)20(19)15-6-8-16(25)9-7-15/h6-13,20H,4-5,27H2,1-3H3/t20-/m0/s1. The maximum atomic E-state index is 13.2. The summed E-state index contributed by atoms with van der Waals surface area (Å²) < 4.78 is 10.7. The van der Waals surface area contributed by atoms with E-state index in [1.165, 1.54) is 0 Å². The molecule has 1 aliphatic rings. The summed E-state index contributed by atoms with van der Waals surface area (Å²) in [5, 5.41) is 1.07. The Bertz CT molecular complexity index is 1030. The summed E-state index contributed by atoms with van der Waals surface area (Å²) in [7, 11) is 0. The summed E-state index contributed by atoms with van der Waals surface area (Å²) in [4.78, 5) is 27.9. The number of carbonyl (C=O) groups is 2. The van der Waals surface area contributed by atoms with Crippen molar-refractivity contribution >= 4 is 40.8 Å². The van der Waals surface area contributed by atoms with E-state index in [0.717, 1.165) is 0 Å². The van der Waals surface area contributed by atoms with Crippen molar-refractivity contribution in [2.45, 2.75) is 26.7 Å². The van der Waals surface area contributed by atoms with Gasteiger partial charge in [-0.1, -0.05) is 35.3 Å². The number of nitrogens with zero attached hydrogens (tertiary/aromatic N) is 1. The number of hydrogen-bond acceptors (Lipinski definition) is 6. The molecule has 2 aromatic carbocycles. The van der Waals surface area contributed by atoms with Gasteiger partial charge in [-0.3, -0.25) is 0 Å². The van der Waals surface area contributed by atoms with Crippen molar-refractivity contribution in [2.24, 2.45) is 5.73 Å². The predicted octanol–water partition coefficient (Wildman–Crippen LogP) is 5.17. The number of hydrogen-bond donors (Lipinski definition) is 1. The van der Waals surface area contributed by atoms with Crippen molar-refractivity contribution in [1.82, 2.24) is 0 Å². The second-order valence-corrected chi connectivity index (χ2v) is 7.91. The lowest BCUT2D eigenvalue weighted by atomic mass is 9.80. The molecule has 1 aliphatic heterocycles. The summed E-state index contributed by atoms with van der Waals surface area (Å²) in [5.74, 6) is -1.78. The maximum Gasteiger partial charge on any atom is 0.338 e. The fourth-order valence-corrected chi connectivity index (χ4v) is 3.99. The third-order valence-corrected chi connectivity index (χ3v) is 5.60. The molecular weight excluding hydrogens is 451 g/mol. The van der Waals surface area contributed by atoms with E-state index in [0.29, 0.717) is 32.6 Å². The number of halogens is 2. The third kappa shape index (κ3) is 4.61. The highest BCUT2D eigenvalue weighted by Crippen LogP contribution is 2.43. The molecule has 0 saturated carbocycles.